The molecule has 0 N–H and O–H groups in total. The van der Waals surface area contributed by atoms with E-state index in [2.05, 4.69) is 89.8 Å². The zero-order valence-electron chi connectivity index (χ0n) is 17.1. The maximum absolute atomic E-state index is 6.40. The Hall–Kier alpha value is -2.91. The highest BCUT2D eigenvalue weighted by atomic mass is 16.6. The number of benzene rings is 3. The molecule has 150 valence electrons. The van der Waals surface area contributed by atoms with Crippen molar-refractivity contribution < 1.29 is 4.84 Å². The number of fused-ring (bicyclic) bond motifs is 3. The second kappa shape index (κ2) is 7.10. The van der Waals surface area contributed by atoms with E-state index in [-0.39, 0.29) is 17.6 Å². The fourth-order valence-electron chi connectivity index (χ4n) is 5.88. The Morgan fingerprint density at radius 1 is 0.767 bits per heavy atom. The molecule has 3 aliphatic rings. The molecule has 0 spiro atoms. The number of hydrogen-bond donors (Lipinski definition) is 0. The smallest absolute Gasteiger partial charge is 0.166 e. The van der Waals surface area contributed by atoms with Crippen molar-refractivity contribution in [2.24, 2.45) is 5.16 Å². The Morgan fingerprint density at radius 3 is 2.20 bits per heavy atom. The highest BCUT2D eigenvalue weighted by Crippen LogP contribution is 2.56. The SMILES string of the molecule is c1ccc(C2=NO[C@@H]3[C@@H](c4ccccc4)c4ccccc4[C@]23N2CCCCC2)cc1. The van der Waals surface area contributed by atoms with Gasteiger partial charge >= 0.3 is 0 Å². The Balaban J connectivity index is 1.60. The lowest BCUT2D eigenvalue weighted by Gasteiger charge is -2.44. The van der Waals surface area contributed by atoms with Crippen molar-refractivity contribution in [2.75, 3.05) is 13.1 Å². The zero-order valence-corrected chi connectivity index (χ0v) is 17.1. The number of piperidine rings is 1. The summed E-state index contributed by atoms with van der Waals surface area (Å²) in [6, 6.07) is 30.4. The summed E-state index contributed by atoms with van der Waals surface area (Å²) in [6.45, 7) is 2.17. The molecule has 0 bridgehead atoms. The summed E-state index contributed by atoms with van der Waals surface area (Å²) in [5.74, 6) is 0.175. The first-order valence-electron chi connectivity index (χ1n) is 11.1. The third-order valence-corrected chi connectivity index (χ3v) is 7.10. The van der Waals surface area contributed by atoms with E-state index in [0.29, 0.717) is 0 Å². The normalized spacial score (nSPS) is 27.8. The van der Waals surface area contributed by atoms with Crippen molar-refractivity contribution in [3.8, 4) is 0 Å². The monoisotopic (exact) mass is 394 g/mol. The standard InChI is InChI=1S/C27H26N2O/c1-4-12-20(13-5-1)24-22-16-8-9-17-23(22)27(29-18-10-3-11-19-29)25(28-30-26(24)27)21-14-6-2-7-15-21/h1-2,4-9,12-17,24,26H,3,10-11,18-19H2/t24-,26+,27-/m0/s1. The summed E-state index contributed by atoms with van der Waals surface area (Å²) in [5.41, 5.74) is 5.94. The van der Waals surface area contributed by atoms with Crippen molar-refractivity contribution >= 4 is 5.71 Å². The van der Waals surface area contributed by atoms with Crippen LogP contribution < -0.4 is 0 Å². The molecule has 3 nitrogen and oxygen atoms in total. The topological polar surface area (TPSA) is 24.8 Å². The molecule has 1 fully saturated rings. The van der Waals surface area contributed by atoms with Crippen LogP contribution in [0.4, 0.5) is 0 Å². The Kier molecular flexibility index (Phi) is 4.24. The molecule has 3 atom stereocenters. The molecule has 1 aliphatic carbocycles. The van der Waals surface area contributed by atoms with E-state index in [9.17, 15) is 0 Å². The van der Waals surface area contributed by atoms with E-state index in [4.69, 9.17) is 9.99 Å². The zero-order chi connectivity index (χ0) is 20.0. The van der Waals surface area contributed by atoms with Crippen LogP contribution in [0.15, 0.2) is 90.1 Å². The third-order valence-electron chi connectivity index (χ3n) is 7.10. The first-order valence-corrected chi connectivity index (χ1v) is 11.1. The van der Waals surface area contributed by atoms with Gasteiger partial charge in [0, 0.05) is 5.56 Å². The van der Waals surface area contributed by atoms with E-state index in [1.165, 1.54) is 36.0 Å². The first kappa shape index (κ1) is 17.9. The van der Waals surface area contributed by atoms with Crippen LogP contribution in [0.2, 0.25) is 0 Å². The lowest BCUT2D eigenvalue weighted by atomic mass is 9.78. The Morgan fingerprint density at radius 2 is 1.43 bits per heavy atom. The van der Waals surface area contributed by atoms with Crippen LogP contribution in [-0.4, -0.2) is 29.8 Å². The van der Waals surface area contributed by atoms with Gasteiger partial charge in [-0.15, -0.1) is 0 Å². The van der Waals surface area contributed by atoms with Crippen LogP contribution in [0.3, 0.4) is 0 Å². The van der Waals surface area contributed by atoms with Crippen molar-refractivity contribution in [3.63, 3.8) is 0 Å². The molecule has 3 aromatic rings. The van der Waals surface area contributed by atoms with Crippen LogP contribution >= 0.6 is 0 Å². The summed E-state index contributed by atoms with van der Waals surface area (Å²) < 4.78 is 0. The van der Waals surface area contributed by atoms with Crippen molar-refractivity contribution in [1.29, 1.82) is 0 Å². The van der Waals surface area contributed by atoms with E-state index in [1.807, 2.05) is 0 Å². The number of nitrogens with zero attached hydrogens (tertiary/aromatic N) is 2. The van der Waals surface area contributed by atoms with Gasteiger partial charge in [-0.3, -0.25) is 4.90 Å². The van der Waals surface area contributed by atoms with Crippen LogP contribution in [0, 0.1) is 0 Å². The van der Waals surface area contributed by atoms with E-state index >= 15 is 0 Å². The number of likely N-dealkylation sites (tertiary alicyclic amines) is 1. The second-order valence-electron chi connectivity index (χ2n) is 8.62. The first-order chi connectivity index (χ1) is 14.9. The summed E-state index contributed by atoms with van der Waals surface area (Å²) >= 11 is 0. The molecule has 3 heteroatoms. The molecule has 2 heterocycles. The van der Waals surface area contributed by atoms with Gasteiger partial charge in [-0.25, -0.2) is 0 Å². The van der Waals surface area contributed by atoms with Crippen molar-refractivity contribution in [2.45, 2.75) is 36.8 Å². The van der Waals surface area contributed by atoms with E-state index in [1.54, 1.807) is 0 Å². The van der Waals surface area contributed by atoms with Crippen LogP contribution in [0.25, 0.3) is 0 Å². The largest absolute Gasteiger partial charge is 0.388 e. The minimum Gasteiger partial charge on any atom is -0.388 e. The molecule has 2 aliphatic heterocycles. The van der Waals surface area contributed by atoms with Crippen LogP contribution in [-0.2, 0) is 10.4 Å². The predicted octanol–water partition coefficient (Wildman–Crippen LogP) is 5.32. The van der Waals surface area contributed by atoms with Crippen LogP contribution in [0.5, 0.6) is 0 Å². The van der Waals surface area contributed by atoms with Crippen LogP contribution in [0.1, 0.15) is 47.4 Å². The van der Waals surface area contributed by atoms with Gasteiger partial charge in [-0.05, 0) is 42.6 Å². The van der Waals surface area contributed by atoms with Gasteiger partial charge in [0.2, 0.25) is 0 Å². The Labute approximate surface area is 178 Å². The van der Waals surface area contributed by atoms with Gasteiger partial charge < -0.3 is 4.84 Å². The highest BCUT2D eigenvalue weighted by molar-refractivity contribution is 6.10. The second-order valence-corrected chi connectivity index (χ2v) is 8.62. The molecule has 1 saturated heterocycles. The molecule has 0 saturated carbocycles. The molecule has 0 aromatic heterocycles. The van der Waals surface area contributed by atoms with Crippen molar-refractivity contribution in [1.82, 2.24) is 4.90 Å². The van der Waals surface area contributed by atoms with E-state index in [0.717, 1.165) is 24.4 Å². The minimum atomic E-state index is -0.334. The van der Waals surface area contributed by atoms with Gasteiger partial charge in [0.15, 0.2) is 6.10 Å². The molecular formula is C27H26N2O. The maximum Gasteiger partial charge on any atom is 0.166 e. The summed E-state index contributed by atoms with van der Waals surface area (Å²) in [4.78, 5) is 9.06. The molecule has 0 radical (unpaired) electrons. The highest BCUT2D eigenvalue weighted by Gasteiger charge is 2.63. The fraction of sp³-hybridized carbons (Fsp3) is 0.296. The summed E-state index contributed by atoms with van der Waals surface area (Å²) in [7, 11) is 0. The quantitative estimate of drug-likeness (QED) is 0.601. The van der Waals surface area contributed by atoms with Gasteiger partial charge in [0.05, 0.1) is 5.92 Å². The predicted molar refractivity (Wildman–Crippen MR) is 120 cm³/mol. The molecule has 0 unspecified atom stereocenters. The Bertz CT molecular complexity index is 1070. The average molecular weight is 395 g/mol. The van der Waals surface area contributed by atoms with Gasteiger partial charge in [0.1, 0.15) is 11.3 Å². The number of rotatable bonds is 3. The lowest BCUT2D eigenvalue weighted by Crippen LogP contribution is -2.57. The summed E-state index contributed by atoms with van der Waals surface area (Å²) in [5, 5.41) is 4.79. The fourth-order valence-corrected chi connectivity index (χ4v) is 5.88. The maximum atomic E-state index is 6.40. The lowest BCUT2D eigenvalue weighted by molar-refractivity contribution is -0.0174. The molecule has 30 heavy (non-hydrogen) atoms. The van der Waals surface area contributed by atoms with E-state index < -0.39 is 0 Å². The number of oxime groups is 1. The molecular weight excluding hydrogens is 368 g/mol. The molecule has 6 rings (SSSR count). The molecule has 3 aromatic carbocycles. The van der Waals surface area contributed by atoms with Gasteiger partial charge in [-0.1, -0.05) is 96.5 Å². The van der Waals surface area contributed by atoms with Gasteiger partial charge in [-0.2, -0.15) is 0 Å². The third kappa shape index (κ3) is 2.45. The van der Waals surface area contributed by atoms with Crippen molar-refractivity contribution in [3.05, 3.63) is 107 Å². The molecule has 0 amide bonds. The number of hydrogen-bond acceptors (Lipinski definition) is 3. The minimum absolute atomic E-state index is 0.0504. The average Bonchev–Trinajstić information content (AvgIpc) is 3.35. The summed E-state index contributed by atoms with van der Waals surface area (Å²) in [6.07, 6.45) is 3.72. The van der Waals surface area contributed by atoms with Gasteiger partial charge in [0.25, 0.3) is 0 Å².